The molecule has 2 aromatic carbocycles. The summed E-state index contributed by atoms with van der Waals surface area (Å²) in [4.78, 5) is 4.44. The number of halogens is 3. The van der Waals surface area contributed by atoms with Gasteiger partial charge in [0.05, 0.1) is 12.1 Å². The number of rotatable bonds is 8. The van der Waals surface area contributed by atoms with Crippen LogP contribution in [-0.4, -0.2) is 36.9 Å². The average Bonchev–Trinajstić information content (AvgIpc) is 2.69. The van der Waals surface area contributed by atoms with E-state index >= 15 is 0 Å². The molecule has 1 atom stereocenters. The molecule has 0 radical (unpaired) electrons. The number of aliphatic imine (C=N–C) groups is 1. The van der Waals surface area contributed by atoms with Gasteiger partial charge >= 0.3 is 6.18 Å². The van der Waals surface area contributed by atoms with Crippen LogP contribution in [0, 0.1) is 0 Å². The normalized spacial score (nSPS) is 13.1. The Morgan fingerprint density at radius 1 is 1.07 bits per heavy atom. The summed E-state index contributed by atoms with van der Waals surface area (Å²) in [6.45, 7) is 3.22. The lowest BCUT2D eigenvalue weighted by molar-refractivity contribution is -0.137. The van der Waals surface area contributed by atoms with Crippen LogP contribution in [0.3, 0.4) is 0 Å². The number of aliphatic hydroxyl groups excluding tert-OH is 1. The zero-order valence-corrected chi connectivity index (χ0v) is 15.5. The van der Waals surface area contributed by atoms with E-state index in [1.165, 1.54) is 12.1 Å². The first-order valence-corrected chi connectivity index (χ1v) is 8.92. The van der Waals surface area contributed by atoms with Crippen molar-refractivity contribution < 1.29 is 23.0 Å². The van der Waals surface area contributed by atoms with Gasteiger partial charge in [-0.05, 0) is 36.8 Å². The van der Waals surface area contributed by atoms with Gasteiger partial charge in [0.25, 0.3) is 0 Å². The summed E-state index contributed by atoms with van der Waals surface area (Å²) in [6, 6.07) is 14.1. The van der Waals surface area contributed by atoms with Gasteiger partial charge in [-0.15, -0.1) is 0 Å². The minimum Gasteiger partial charge on any atom is -0.491 e. The average molecular weight is 395 g/mol. The Kier molecular flexibility index (Phi) is 8.13. The molecular formula is C20H24F3N3O2. The maximum atomic E-state index is 12.5. The minimum atomic E-state index is -4.39. The van der Waals surface area contributed by atoms with Gasteiger partial charge in [0.15, 0.2) is 5.96 Å². The zero-order chi connectivity index (χ0) is 20.4. The highest BCUT2D eigenvalue weighted by atomic mass is 19.4. The molecule has 3 N–H and O–H groups in total. The van der Waals surface area contributed by atoms with Crippen molar-refractivity contribution in [2.75, 3.05) is 19.7 Å². The number of alkyl halides is 3. The van der Waals surface area contributed by atoms with E-state index in [9.17, 15) is 18.3 Å². The van der Waals surface area contributed by atoms with Crippen LogP contribution < -0.4 is 15.4 Å². The van der Waals surface area contributed by atoms with Crippen molar-refractivity contribution in [2.45, 2.75) is 25.7 Å². The monoisotopic (exact) mass is 395 g/mol. The van der Waals surface area contributed by atoms with E-state index in [0.29, 0.717) is 19.0 Å². The Bertz CT molecular complexity index is 735. The van der Waals surface area contributed by atoms with Crippen LogP contribution in [-0.2, 0) is 12.7 Å². The van der Waals surface area contributed by atoms with Crippen LogP contribution in [0.5, 0.6) is 5.75 Å². The maximum absolute atomic E-state index is 12.5. The van der Waals surface area contributed by atoms with Crippen molar-refractivity contribution in [3.63, 3.8) is 0 Å². The van der Waals surface area contributed by atoms with Crippen LogP contribution in [0.25, 0.3) is 0 Å². The molecule has 2 rings (SSSR count). The molecule has 28 heavy (non-hydrogen) atoms. The van der Waals surface area contributed by atoms with E-state index in [1.54, 1.807) is 0 Å². The number of benzene rings is 2. The molecule has 0 aromatic heterocycles. The predicted octanol–water partition coefficient (Wildman–Crippen LogP) is 3.20. The Morgan fingerprint density at radius 3 is 2.36 bits per heavy atom. The Hall–Kier alpha value is -2.74. The van der Waals surface area contributed by atoms with Crippen LogP contribution in [0.15, 0.2) is 59.6 Å². The minimum absolute atomic E-state index is 0.0591. The smallest absolute Gasteiger partial charge is 0.416 e. The zero-order valence-electron chi connectivity index (χ0n) is 15.5. The fraction of sp³-hybridized carbons (Fsp3) is 0.350. The summed E-state index contributed by atoms with van der Waals surface area (Å²) in [5.74, 6) is 0.816. The number of nitrogens with one attached hydrogen (secondary N) is 2. The molecule has 0 heterocycles. The van der Waals surface area contributed by atoms with Gasteiger partial charge in [-0.3, -0.25) is 0 Å². The fourth-order valence-electron chi connectivity index (χ4n) is 2.30. The molecule has 0 fully saturated rings. The quantitative estimate of drug-likeness (QED) is 0.474. The van der Waals surface area contributed by atoms with Crippen molar-refractivity contribution in [3.8, 4) is 5.75 Å². The number of ether oxygens (including phenoxy) is 1. The fourth-order valence-corrected chi connectivity index (χ4v) is 2.30. The van der Waals surface area contributed by atoms with E-state index in [-0.39, 0.29) is 18.9 Å². The lowest BCUT2D eigenvalue weighted by Crippen LogP contribution is -2.42. The highest BCUT2D eigenvalue weighted by Gasteiger charge is 2.30. The highest BCUT2D eigenvalue weighted by Crippen LogP contribution is 2.30. The molecule has 0 saturated heterocycles. The van der Waals surface area contributed by atoms with E-state index in [0.717, 1.165) is 17.7 Å². The summed E-state index contributed by atoms with van der Waals surface area (Å²) < 4.78 is 43.0. The summed E-state index contributed by atoms with van der Waals surface area (Å²) in [6.07, 6.45) is -5.24. The standard InChI is InChI=1S/C20H24F3N3O2/c1-2-24-19(25-12-15-6-4-3-5-7-15)26-13-17(27)14-28-18-10-8-16(9-11-18)20(21,22)23/h3-11,17,27H,2,12-14H2,1H3,(H2,24,25,26). The molecule has 1 unspecified atom stereocenters. The first kappa shape index (κ1) is 21.6. The Balaban J connectivity index is 1.79. The SMILES string of the molecule is CCNC(=NCc1ccccc1)NCC(O)COc1ccc(C(F)(F)F)cc1. The van der Waals surface area contributed by atoms with Crippen molar-refractivity contribution in [1.82, 2.24) is 10.6 Å². The molecule has 0 bridgehead atoms. The molecule has 8 heteroatoms. The van der Waals surface area contributed by atoms with Crippen molar-refractivity contribution in [2.24, 2.45) is 4.99 Å². The van der Waals surface area contributed by atoms with Gasteiger partial charge in [0.1, 0.15) is 18.5 Å². The Morgan fingerprint density at radius 2 is 1.75 bits per heavy atom. The molecule has 152 valence electrons. The molecule has 0 aliphatic carbocycles. The van der Waals surface area contributed by atoms with Crippen LogP contribution >= 0.6 is 0 Å². The molecule has 0 aliphatic rings. The highest BCUT2D eigenvalue weighted by molar-refractivity contribution is 5.79. The first-order chi connectivity index (χ1) is 13.4. The third-order valence-electron chi connectivity index (χ3n) is 3.74. The molecular weight excluding hydrogens is 371 g/mol. The number of hydrogen-bond donors (Lipinski definition) is 3. The van der Waals surface area contributed by atoms with Crippen LogP contribution in [0.4, 0.5) is 13.2 Å². The lowest BCUT2D eigenvalue weighted by atomic mass is 10.2. The number of nitrogens with zero attached hydrogens (tertiary/aromatic N) is 1. The van der Waals surface area contributed by atoms with Gasteiger partial charge in [-0.2, -0.15) is 13.2 Å². The third kappa shape index (κ3) is 7.48. The summed E-state index contributed by atoms with van der Waals surface area (Å²) >= 11 is 0. The predicted molar refractivity (Wildman–Crippen MR) is 102 cm³/mol. The van der Waals surface area contributed by atoms with E-state index in [1.807, 2.05) is 37.3 Å². The summed E-state index contributed by atoms with van der Waals surface area (Å²) in [5, 5.41) is 16.1. The van der Waals surface area contributed by atoms with Crippen LogP contribution in [0.2, 0.25) is 0 Å². The molecule has 2 aromatic rings. The number of aliphatic hydroxyl groups is 1. The van der Waals surface area contributed by atoms with E-state index in [4.69, 9.17) is 4.74 Å². The number of guanidine groups is 1. The van der Waals surface area contributed by atoms with Crippen LogP contribution in [0.1, 0.15) is 18.1 Å². The summed E-state index contributed by atoms with van der Waals surface area (Å²) in [5.41, 5.74) is 0.317. The third-order valence-corrected chi connectivity index (χ3v) is 3.74. The summed E-state index contributed by atoms with van der Waals surface area (Å²) in [7, 11) is 0. The van der Waals surface area contributed by atoms with Gasteiger partial charge in [0.2, 0.25) is 0 Å². The largest absolute Gasteiger partial charge is 0.491 e. The maximum Gasteiger partial charge on any atom is 0.416 e. The van der Waals surface area contributed by atoms with E-state index in [2.05, 4.69) is 15.6 Å². The number of hydrogen-bond acceptors (Lipinski definition) is 3. The van der Waals surface area contributed by atoms with Crippen molar-refractivity contribution in [3.05, 3.63) is 65.7 Å². The van der Waals surface area contributed by atoms with Crippen molar-refractivity contribution in [1.29, 1.82) is 0 Å². The first-order valence-electron chi connectivity index (χ1n) is 8.92. The molecule has 0 aliphatic heterocycles. The Labute approximate surface area is 162 Å². The molecule has 0 amide bonds. The topological polar surface area (TPSA) is 65.9 Å². The van der Waals surface area contributed by atoms with Gasteiger partial charge in [0, 0.05) is 13.1 Å². The lowest BCUT2D eigenvalue weighted by Gasteiger charge is -2.16. The molecule has 5 nitrogen and oxygen atoms in total. The second kappa shape index (κ2) is 10.6. The van der Waals surface area contributed by atoms with Gasteiger partial charge in [-0.1, -0.05) is 30.3 Å². The molecule has 0 spiro atoms. The second-order valence-electron chi connectivity index (χ2n) is 6.05. The van der Waals surface area contributed by atoms with Crippen molar-refractivity contribution >= 4 is 5.96 Å². The van der Waals surface area contributed by atoms with Gasteiger partial charge in [-0.25, -0.2) is 4.99 Å². The van der Waals surface area contributed by atoms with Gasteiger partial charge < -0.3 is 20.5 Å². The van der Waals surface area contributed by atoms with E-state index < -0.39 is 17.8 Å². The molecule has 0 saturated carbocycles. The second-order valence-corrected chi connectivity index (χ2v) is 6.05.